The minimum atomic E-state index is -0.393. The lowest BCUT2D eigenvalue weighted by Crippen LogP contribution is -2.26. The van der Waals surface area contributed by atoms with E-state index in [0.717, 1.165) is 5.56 Å². The van der Waals surface area contributed by atoms with Crippen LogP contribution in [0.2, 0.25) is 5.02 Å². The molecule has 0 N–H and O–H groups in total. The average Bonchev–Trinajstić information content (AvgIpc) is 2.43. The number of rotatable bonds is 3. The summed E-state index contributed by atoms with van der Waals surface area (Å²) in [5.41, 5.74) is 1.29. The summed E-state index contributed by atoms with van der Waals surface area (Å²) in [6.07, 6.45) is 0. The van der Waals surface area contributed by atoms with E-state index in [9.17, 15) is 9.18 Å². The van der Waals surface area contributed by atoms with E-state index in [1.165, 1.54) is 18.2 Å². The smallest absolute Gasteiger partial charge is 0.253 e. The molecule has 0 saturated carbocycles. The predicted molar refractivity (Wildman–Crippen MR) is 81.3 cm³/mol. The molecule has 2 nitrogen and oxygen atoms in total. The van der Waals surface area contributed by atoms with Gasteiger partial charge in [0.1, 0.15) is 5.82 Å². The maximum atomic E-state index is 13.2. The molecule has 20 heavy (non-hydrogen) atoms. The summed E-state index contributed by atoms with van der Waals surface area (Å²) >= 11 is 9.15. The largest absolute Gasteiger partial charge is 0.337 e. The molecule has 0 radical (unpaired) electrons. The molecule has 0 fully saturated rings. The Balaban J connectivity index is 2.16. The van der Waals surface area contributed by atoms with Gasteiger partial charge in [0.2, 0.25) is 0 Å². The lowest BCUT2D eigenvalue weighted by atomic mass is 10.1. The van der Waals surface area contributed by atoms with Crippen LogP contribution in [0.3, 0.4) is 0 Å². The van der Waals surface area contributed by atoms with E-state index in [2.05, 4.69) is 15.9 Å². The molecule has 0 atom stereocenters. The van der Waals surface area contributed by atoms with Gasteiger partial charge in [-0.1, -0.05) is 29.8 Å². The van der Waals surface area contributed by atoms with Gasteiger partial charge in [-0.05, 0) is 45.8 Å². The van der Waals surface area contributed by atoms with Crippen molar-refractivity contribution in [1.29, 1.82) is 0 Å². The molecule has 0 saturated heterocycles. The highest BCUT2D eigenvalue weighted by Gasteiger charge is 2.14. The summed E-state index contributed by atoms with van der Waals surface area (Å²) in [5, 5.41) is 0.618. The van der Waals surface area contributed by atoms with Crippen molar-refractivity contribution in [2.45, 2.75) is 6.54 Å². The number of halogens is 3. The number of hydrogen-bond donors (Lipinski definition) is 0. The monoisotopic (exact) mass is 355 g/mol. The molecular weight excluding hydrogens is 345 g/mol. The molecule has 2 rings (SSSR count). The molecule has 0 aromatic heterocycles. The Morgan fingerprint density at radius 1 is 1.30 bits per heavy atom. The van der Waals surface area contributed by atoms with E-state index < -0.39 is 5.82 Å². The molecule has 5 heteroatoms. The summed E-state index contributed by atoms with van der Waals surface area (Å²) in [6, 6.07) is 11.6. The second kappa shape index (κ2) is 6.37. The zero-order valence-electron chi connectivity index (χ0n) is 10.7. The van der Waals surface area contributed by atoms with Crippen LogP contribution in [-0.4, -0.2) is 17.9 Å². The normalized spacial score (nSPS) is 10.4. The standard InChI is InChI=1S/C15H12BrClFNO/c1-19(9-11-4-2-3-5-13(11)17)15(20)10-6-7-14(18)12(16)8-10/h2-8H,9H2,1H3. The van der Waals surface area contributed by atoms with Crippen molar-refractivity contribution in [2.24, 2.45) is 0 Å². The zero-order valence-corrected chi connectivity index (χ0v) is 13.1. The van der Waals surface area contributed by atoms with Gasteiger partial charge in [0.05, 0.1) is 4.47 Å². The molecule has 0 bridgehead atoms. The Hall–Kier alpha value is -1.39. The highest BCUT2D eigenvalue weighted by molar-refractivity contribution is 9.10. The molecule has 0 spiro atoms. The highest BCUT2D eigenvalue weighted by Crippen LogP contribution is 2.20. The fourth-order valence-electron chi connectivity index (χ4n) is 1.80. The summed E-state index contributed by atoms with van der Waals surface area (Å²) in [7, 11) is 1.68. The van der Waals surface area contributed by atoms with E-state index in [-0.39, 0.29) is 10.4 Å². The Morgan fingerprint density at radius 3 is 2.65 bits per heavy atom. The summed E-state index contributed by atoms with van der Waals surface area (Å²) < 4.78 is 13.4. The molecular formula is C15H12BrClFNO. The maximum absolute atomic E-state index is 13.2. The lowest BCUT2D eigenvalue weighted by Gasteiger charge is -2.18. The number of amides is 1. The Kier molecular flexibility index (Phi) is 4.78. The third-order valence-electron chi connectivity index (χ3n) is 2.88. The van der Waals surface area contributed by atoms with Crippen molar-refractivity contribution in [3.8, 4) is 0 Å². The third-order valence-corrected chi connectivity index (χ3v) is 3.86. The number of nitrogens with zero attached hydrogens (tertiary/aromatic N) is 1. The van der Waals surface area contributed by atoms with Gasteiger partial charge < -0.3 is 4.90 Å². The van der Waals surface area contributed by atoms with Crippen LogP contribution in [0.5, 0.6) is 0 Å². The van der Waals surface area contributed by atoms with Gasteiger partial charge in [-0.3, -0.25) is 4.79 Å². The summed E-state index contributed by atoms with van der Waals surface area (Å²) in [4.78, 5) is 13.8. The van der Waals surface area contributed by atoms with Crippen molar-refractivity contribution in [3.05, 3.63) is 68.9 Å². The highest BCUT2D eigenvalue weighted by atomic mass is 79.9. The van der Waals surface area contributed by atoms with Crippen molar-refractivity contribution >= 4 is 33.4 Å². The summed E-state index contributed by atoms with van der Waals surface area (Å²) in [6.45, 7) is 0.396. The first-order valence-electron chi connectivity index (χ1n) is 5.93. The van der Waals surface area contributed by atoms with Gasteiger partial charge in [-0.25, -0.2) is 4.39 Å². The van der Waals surface area contributed by atoms with Crippen LogP contribution in [0.4, 0.5) is 4.39 Å². The Bertz CT molecular complexity index is 648. The van der Waals surface area contributed by atoms with Crippen molar-refractivity contribution in [2.75, 3.05) is 7.05 Å². The number of carbonyl (C=O) groups excluding carboxylic acids is 1. The predicted octanol–water partition coefficient (Wildman–Crippen LogP) is 4.51. The fraction of sp³-hybridized carbons (Fsp3) is 0.133. The molecule has 0 heterocycles. The first-order chi connectivity index (χ1) is 9.49. The topological polar surface area (TPSA) is 20.3 Å². The summed E-state index contributed by atoms with van der Waals surface area (Å²) in [5.74, 6) is -0.582. The van der Waals surface area contributed by atoms with Gasteiger partial charge in [0.25, 0.3) is 5.91 Å². The minimum absolute atomic E-state index is 0.189. The zero-order chi connectivity index (χ0) is 14.7. The van der Waals surface area contributed by atoms with E-state index in [1.807, 2.05) is 18.2 Å². The quantitative estimate of drug-likeness (QED) is 0.792. The Labute approximate surface area is 130 Å². The van der Waals surface area contributed by atoms with Gasteiger partial charge in [0.15, 0.2) is 0 Å². The molecule has 0 unspecified atom stereocenters. The van der Waals surface area contributed by atoms with Gasteiger partial charge >= 0.3 is 0 Å². The van der Waals surface area contributed by atoms with E-state index in [0.29, 0.717) is 17.1 Å². The first-order valence-corrected chi connectivity index (χ1v) is 7.10. The minimum Gasteiger partial charge on any atom is -0.337 e. The second-order valence-corrected chi connectivity index (χ2v) is 5.64. The van der Waals surface area contributed by atoms with Gasteiger partial charge in [-0.15, -0.1) is 0 Å². The van der Waals surface area contributed by atoms with Crippen molar-refractivity contribution < 1.29 is 9.18 Å². The molecule has 1 amide bonds. The van der Waals surface area contributed by atoms with Crippen molar-refractivity contribution in [3.63, 3.8) is 0 Å². The van der Waals surface area contributed by atoms with E-state index >= 15 is 0 Å². The van der Waals surface area contributed by atoms with E-state index in [1.54, 1.807) is 18.0 Å². The molecule has 2 aromatic rings. The van der Waals surface area contributed by atoms with Crippen LogP contribution in [-0.2, 0) is 6.54 Å². The first kappa shape index (κ1) is 15.0. The third kappa shape index (κ3) is 3.38. The number of benzene rings is 2. The molecule has 0 aliphatic carbocycles. The SMILES string of the molecule is CN(Cc1ccccc1Cl)C(=O)c1ccc(F)c(Br)c1. The van der Waals surface area contributed by atoms with Crippen LogP contribution in [0.25, 0.3) is 0 Å². The molecule has 0 aliphatic rings. The average molecular weight is 357 g/mol. The van der Waals surface area contributed by atoms with Gasteiger partial charge in [0, 0.05) is 24.2 Å². The molecule has 2 aromatic carbocycles. The maximum Gasteiger partial charge on any atom is 0.253 e. The van der Waals surface area contributed by atoms with Crippen LogP contribution in [0.1, 0.15) is 15.9 Å². The Morgan fingerprint density at radius 2 is 2.00 bits per heavy atom. The van der Waals surface area contributed by atoms with Crippen LogP contribution in [0.15, 0.2) is 46.9 Å². The van der Waals surface area contributed by atoms with Gasteiger partial charge in [-0.2, -0.15) is 0 Å². The number of carbonyl (C=O) groups is 1. The van der Waals surface area contributed by atoms with Crippen molar-refractivity contribution in [1.82, 2.24) is 4.90 Å². The van der Waals surface area contributed by atoms with E-state index in [4.69, 9.17) is 11.6 Å². The number of hydrogen-bond acceptors (Lipinski definition) is 1. The molecule has 104 valence electrons. The lowest BCUT2D eigenvalue weighted by molar-refractivity contribution is 0.0785. The fourth-order valence-corrected chi connectivity index (χ4v) is 2.38. The molecule has 0 aliphatic heterocycles. The van der Waals surface area contributed by atoms with Crippen LogP contribution in [0, 0.1) is 5.82 Å². The van der Waals surface area contributed by atoms with Crippen LogP contribution < -0.4 is 0 Å². The second-order valence-electron chi connectivity index (χ2n) is 4.38. The van der Waals surface area contributed by atoms with Crippen LogP contribution >= 0.6 is 27.5 Å².